The molecule has 0 aromatic rings. The van der Waals surface area contributed by atoms with Gasteiger partial charge in [0.1, 0.15) is 12.9 Å². The number of esters is 1. The molecule has 0 rings (SSSR count). The zero-order valence-electron chi connectivity index (χ0n) is 5.92. The lowest BCUT2D eigenvalue weighted by Crippen LogP contribution is -2.05. The summed E-state index contributed by atoms with van der Waals surface area (Å²) in [6, 6.07) is 0. The van der Waals surface area contributed by atoms with Gasteiger partial charge in [0.15, 0.2) is 0 Å². The number of ether oxygens (including phenoxy) is 1. The Morgan fingerprint density at radius 1 is 1.70 bits per heavy atom. The summed E-state index contributed by atoms with van der Waals surface area (Å²) in [7, 11) is 0. The van der Waals surface area contributed by atoms with Crippen LogP contribution in [0, 0.1) is 0 Å². The van der Waals surface area contributed by atoms with Crippen LogP contribution < -0.4 is 0 Å². The third kappa shape index (κ3) is 3.83. The second-order valence-corrected chi connectivity index (χ2v) is 1.79. The lowest BCUT2D eigenvalue weighted by Gasteiger charge is -1.99. The molecular formula is C7H10O3. The fraction of sp³-hybridized carbons (Fsp3) is 0.429. The van der Waals surface area contributed by atoms with Gasteiger partial charge in [0.25, 0.3) is 0 Å². The molecule has 0 atom stereocenters. The number of hydrogen-bond acceptors (Lipinski definition) is 3. The van der Waals surface area contributed by atoms with Crippen LogP contribution in [0.2, 0.25) is 0 Å². The van der Waals surface area contributed by atoms with Gasteiger partial charge in [-0.2, -0.15) is 0 Å². The summed E-state index contributed by atoms with van der Waals surface area (Å²) in [5.41, 5.74) is 0.279. The molecule has 0 fully saturated rings. The van der Waals surface area contributed by atoms with Gasteiger partial charge in [-0.1, -0.05) is 13.5 Å². The van der Waals surface area contributed by atoms with E-state index in [4.69, 9.17) is 0 Å². The standard InChI is InChI=1S/C7H10O3/c1-3-7(9)10-5-6(2)4-8/h4H,2-3,5H2,1H3. The number of carbonyl (C=O) groups excluding carboxylic acids is 2. The van der Waals surface area contributed by atoms with Crippen molar-refractivity contribution >= 4 is 12.3 Å². The Kier molecular flexibility index (Phi) is 4.20. The second-order valence-electron chi connectivity index (χ2n) is 1.79. The van der Waals surface area contributed by atoms with Crippen LogP contribution in [0.4, 0.5) is 0 Å². The van der Waals surface area contributed by atoms with Crippen LogP contribution in [0.15, 0.2) is 12.2 Å². The van der Waals surface area contributed by atoms with Crippen molar-refractivity contribution in [3.8, 4) is 0 Å². The summed E-state index contributed by atoms with van der Waals surface area (Å²) in [5.74, 6) is -0.317. The number of rotatable bonds is 4. The molecule has 0 aliphatic carbocycles. The van der Waals surface area contributed by atoms with Crippen LogP contribution in [0.5, 0.6) is 0 Å². The van der Waals surface area contributed by atoms with Gasteiger partial charge in [-0.05, 0) is 0 Å². The maximum Gasteiger partial charge on any atom is 0.305 e. The molecule has 0 heterocycles. The fourth-order valence-corrected chi connectivity index (χ4v) is 0.309. The van der Waals surface area contributed by atoms with E-state index in [1.165, 1.54) is 0 Å². The van der Waals surface area contributed by atoms with Crippen LogP contribution in [0.1, 0.15) is 13.3 Å². The minimum atomic E-state index is -0.317. The van der Waals surface area contributed by atoms with Gasteiger partial charge in [0.05, 0.1) is 0 Å². The first-order valence-electron chi connectivity index (χ1n) is 2.99. The Balaban J connectivity index is 3.44. The SMILES string of the molecule is C=C(C=O)COC(=O)CC. The van der Waals surface area contributed by atoms with E-state index in [9.17, 15) is 9.59 Å². The lowest BCUT2D eigenvalue weighted by molar-refractivity contribution is -0.142. The molecule has 0 bridgehead atoms. The molecule has 0 aromatic carbocycles. The molecule has 0 amide bonds. The molecule has 0 unspecified atom stereocenters. The van der Waals surface area contributed by atoms with Crippen LogP contribution in [0.3, 0.4) is 0 Å². The maximum atomic E-state index is 10.5. The highest BCUT2D eigenvalue weighted by molar-refractivity contribution is 5.74. The van der Waals surface area contributed by atoms with Gasteiger partial charge in [-0.3, -0.25) is 9.59 Å². The van der Waals surface area contributed by atoms with Crippen LogP contribution >= 0.6 is 0 Å². The average molecular weight is 142 g/mol. The fourth-order valence-electron chi connectivity index (χ4n) is 0.309. The quantitative estimate of drug-likeness (QED) is 0.329. The topological polar surface area (TPSA) is 43.4 Å². The van der Waals surface area contributed by atoms with E-state index < -0.39 is 0 Å². The maximum absolute atomic E-state index is 10.5. The average Bonchev–Trinajstić information content (AvgIpc) is 1.99. The smallest absolute Gasteiger partial charge is 0.305 e. The van der Waals surface area contributed by atoms with Gasteiger partial charge in [-0.15, -0.1) is 0 Å². The summed E-state index contributed by atoms with van der Waals surface area (Å²) in [5, 5.41) is 0. The van der Waals surface area contributed by atoms with Crippen LogP contribution in [-0.4, -0.2) is 18.9 Å². The van der Waals surface area contributed by atoms with Crippen molar-refractivity contribution in [3.05, 3.63) is 12.2 Å². The molecule has 0 saturated carbocycles. The molecule has 0 saturated heterocycles. The molecule has 3 nitrogen and oxygen atoms in total. The van der Waals surface area contributed by atoms with Crippen molar-refractivity contribution < 1.29 is 14.3 Å². The first kappa shape index (κ1) is 8.88. The third-order valence-corrected chi connectivity index (χ3v) is 0.874. The number of carbonyl (C=O) groups is 2. The molecule has 56 valence electrons. The van der Waals surface area contributed by atoms with Crippen molar-refractivity contribution in [2.24, 2.45) is 0 Å². The van der Waals surface area contributed by atoms with E-state index in [1.807, 2.05) is 0 Å². The summed E-state index contributed by atoms with van der Waals surface area (Å²) in [4.78, 5) is 20.4. The molecule has 0 aromatic heterocycles. The van der Waals surface area contributed by atoms with Gasteiger partial charge in [0, 0.05) is 12.0 Å². The Hall–Kier alpha value is -1.12. The Bertz CT molecular complexity index is 149. The molecule has 0 spiro atoms. The van der Waals surface area contributed by atoms with E-state index in [0.29, 0.717) is 12.7 Å². The Labute approximate surface area is 59.7 Å². The normalized spacial score (nSPS) is 8.50. The predicted octanol–water partition coefficient (Wildman–Crippen LogP) is 0.695. The van der Waals surface area contributed by atoms with Gasteiger partial charge in [0.2, 0.25) is 0 Å². The molecular weight excluding hydrogens is 132 g/mol. The first-order valence-corrected chi connectivity index (χ1v) is 2.99. The Morgan fingerprint density at radius 3 is 2.70 bits per heavy atom. The monoisotopic (exact) mass is 142 g/mol. The van der Waals surface area contributed by atoms with E-state index in [0.717, 1.165) is 0 Å². The summed E-state index contributed by atoms with van der Waals surface area (Å²) < 4.78 is 4.57. The summed E-state index contributed by atoms with van der Waals surface area (Å²) >= 11 is 0. The minimum Gasteiger partial charge on any atom is -0.461 e. The zero-order valence-corrected chi connectivity index (χ0v) is 5.92. The van der Waals surface area contributed by atoms with E-state index in [1.54, 1.807) is 6.92 Å². The highest BCUT2D eigenvalue weighted by Gasteiger charge is 1.97. The predicted molar refractivity (Wildman–Crippen MR) is 36.5 cm³/mol. The number of hydrogen-bond donors (Lipinski definition) is 0. The van der Waals surface area contributed by atoms with Crippen LogP contribution in [-0.2, 0) is 14.3 Å². The van der Waals surface area contributed by atoms with Gasteiger partial charge >= 0.3 is 5.97 Å². The first-order chi connectivity index (χ1) is 4.70. The zero-order chi connectivity index (χ0) is 7.98. The summed E-state index contributed by atoms with van der Waals surface area (Å²) in [6.07, 6.45) is 0.898. The Morgan fingerprint density at radius 2 is 2.30 bits per heavy atom. The minimum absolute atomic E-state index is 0.0101. The van der Waals surface area contributed by atoms with Crippen molar-refractivity contribution in [2.75, 3.05) is 6.61 Å². The molecule has 0 aliphatic heterocycles. The van der Waals surface area contributed by atoms with E-state index in [-0.39, 0.29) is 18.1 Å². The van der Waals surface area contributed by atoms with Crippen molar-refractivity contribution in [1.82, 2.24) is 0 Å². The highest BCUT2D eigenvalue weighted by Crippen LogP contribution is 1.89. The molecule has 0 N–H and O–H groups in total. The molecule has 0 radical (unpaired) electrons. The van der Waals surface area contributed by atoms with Gasteiger partial charge < -0.3 is 4.74 Å². The highest BCUT2D eigenvalue weighted by atomic mass is 16.5. The number of aldehydes is 1. The van der Waals surface area contributed by atoms with E-state index in [2.05, 4.69) is 11.3 Å². The largest absolute Gasteiger partial charge is 0.461 e. The molecule has 3 heteroatoms. The second kappa shape index (κ2) is 4.73. The van der Waals surface area contributed by atoms with Crippen LogP contribution in [0.25, 0.3) is 0 Å². The van der Waals surface area contributed by atoms with Crippen molar-refractivity contribution in [1.29, 1.82) is 0 Å². The van der Waals surface area contributed by atoms with Crippen molar-refractivity contribution in [2.45, 2.75) is 13.3 Å². The lowest BCUT2D eigenvalue weighted by atomic mass is 10.4. The third-order valence-electron chi connectivity index (χ3n) is 0.874. The van der Waals surface area contributed by atoms with Gasteiger partial charge in [-0.25, -0.2) is 0 Å². The molecule has 10 heavy (non-hydrogen) atoms. The van der Waals surface area contributed by atoms with E-state index >= 15 is 0 Å². The van der Waals surface area contributed by atoms with Crippen molar-refractivity contribution in [3.63, 3.8) is 0 Å². The molecule has 0 aliphatic rings. The summed E-state index contributed by atoms with van der Waals surface area (Å²) in [6.45, 7) is 5.03.